The molecule has 1 unspecified atom stereocenters. The van der Waals surface area contributed by atoms with Gasteiger partial charge in [0, 0.05) is 29.8 Å². The normalized spacial score (nSPS) is 17.9. The largest absolute Gasteiger partial charge is 0.328 e. The van der Waals surface area contributed by atoms with E-state index < -0.39 is 0 Å². The lowest BCUT2D eigenvalue weighted by Crippen LogP contribution is -2.37. The number of benzene rings is 2. The molecule has 2 aliphatic rings. The molecule has 0 radical (unpaired) electrons. The lowest BCUT2D eigenvalue weighted by molar-refractivity contribution is -0.119. The molecular weight excluding hydrogens is 419 g/mol. The summed E-state index contributed by atoms with van der Waals surface area (Å²) < 4.78 is 13.7. The zero-order valence-corrected chi connectivity index (χ0v) is 18.5. The molecule has 168 valence electrons. The van der Waals surface area contributed by atoms with Crippen LogP contribution in [0.25, 0.3) is 0 Å². The smallest absolute Gasteiger partial charge is 0.254 e. The molecular formula is C26H25FN4O2. The van der Waals surface area contributed by atoms with E-state index in [1.54, 1.807) is 17.0 Å². The number of fused-ring (bicyclic) bond motifs is 1. The maximum Gasteiger partial charge on any atom is 0.254 e. The highest BCUT2D eigenvalue weighted by molar-refractivity contribution is 5.96. The average molecular weight is 445 g/mol. The number of carbonyl (C=O) groups is 2. The Morgan fingerprint density at radius 1 is 1.09 bits per heavy atom. The van der Waals surface area contributed by atoms with Gasteiger partial charge in [-0.2, -0.15) is 0 Å². The van der Waals surface area contributed by atoms with E-state index in [9.17, 15) is 14.0 Å². The third kappa shape index (κ3) is 4.11. The van der Waals surface area contributed by atoms with E-state index in [0.717, 1.165) is 24.1 Å². The number of hydrogen-bond donors (Lipinski definition) is 0. The van der Waals surface area contributed by atoms with Gasteiger partial charge in [-0.05, 0) is 56.0 Å². The number of anilines is 1. The summed E-state index contributed by atoms with van der Waals surface area (Å²) in [4.78, 5) is 39.1. The number of hydrogen-bond acceptors (Lipinski definition) is 4. The lowest BCUT2D eigenvalue weighted by atomic mass is 10.0. The predicted molar refractivity (Wildman–Crippen MR) is 122 cm³/mol. The van der Waals surface area contributed by atoms with Crippen molar-refractivity contribution in [3.8, 4) is 0 Å². The number of amides is 2. The fourth-order valence-corrected chi connectivity index (χ4v) is 4.76. The summed E-state index contributed by atoms with van der Waals surface area (Å²) in [5.41, 5.74) is 3.11. The molecule has 7 heteroatoms. The highest BCUT2D eigenvalue weighted by atomic mass is 19.1. The molecule has 1 aromatic heterocycles. The molecule has 2 aliphatic heterocycles. The summed E-state index contributed by atoms with van der Waals surface area (Å²) in [5, 5.41) is 0. The monoisotopic (exact) mass is 444 g/mol. The number of halogens is 1. The second kappa shape index (κ2) is 8.73. The third-order valence-electron chi connectivity index (χ3n) is 6.42. The highest BCUT2D eigenvalue weighted by Crippen LogP contribution is 2.35. The zero-order valence-electron chi connectivity index (χ0n) is 18.5. The van der Waals surface area contributed by atoms with Crippen LogP contribution in [0.3, 0.4) is 0 Å². The Morgan fingerprint density at radius 3 is 2.70 bits per heavy atom. The van der Waals surface area contributed by atoms with E-state index in [1.165, 1.54) is 12.1 Å². The van der Waals surface area contributed by atoms with Crippen molar-refractivity contribution in [1.29, 1.82) is 0 Å². The number of rotatable bonds is 4. The predicted octanol–water partition coefficient (Wildman–Crippen LogP) is 4.38. The second-order valence-corrected chi connectivity index (χ2v) is 8.60. The number of likely N-dealkylation sites (tertiary alicyclic amines) is 1. The minimum absolute atomic E-state index is 0.0373. The van der Waals surface area contributed by atoms with Gasteiger partial charge in [0.1, 0.15) is 11.6 Å². The van der Waals surface area contributed by atoms with Crippen LogP contribution in [0.2, 0.25) is 0 Å². The molecule has 6 nitrogen and oxygen atoms in total. The maximum absolute atomic E-state index is 13.7. The fourth-order valence-electron chi connectivity index (χ4n) is 4.76. The molecule has 0 aliphatic carbocycles. The van der Waals surface area contributed by atoms with E-state index in [4.69, 9.17) is 9.97 Å². The van der Waals surface area contributed by atoms with Gasteiger partial charge in [-0.1, -0.05) is 30.3 Å². The van der Waals surface area contributed by atoms with Crippen LogP contribution in [0, 0.1) is 12.7 Å². The number of aromatic nitrogens is 2. The number of carbonyl (C=O) groups excluding carboxylic acids is 2. The first-order valence-electron chi connectivity index (χ1n) is 11.3. The summed E-state index contributed by atoms with van der Waals surface area (Å²) >= 11 is 0. The van der Waals surface area contributed by atoms with Gasteiger partial charge in [-0.25, -0.2) is 14.4 Å². The van der Waals surface area contributed by atoms with Crippen LogP contribution in [-0.4, -0.2) is 33.2 Å². The molecule has 3 heterocycles. The van der Waals surface area contributed by atoms with Gasteiger partial charge in [0.25, 0.3) is 5.91 Å². The van der Waals surface area contributed by atoms with Crippen LogP contribution in [0.1, 0.15) is 58.3 Å². The molecule has 0 bridgehead atoms. The van der Waals surface area contributed by atoms with Crippen molar-refractivity contribution in [3.63, 3.8) is 0 Å². The van der Waals surface area contributed by atoms with Gasteiger partial charge in [-0.15, -0.1) is 0 Å². The molecule has 0 saturated carbocycles. The quantitative estimate of drug-likeness (QED) is 0.599. The van der Waals surface area contributed by atoms with Gasteiger partial charge >= 0.3 is 0 Å². The van der Waals surface area contributed by atoms with Crippen molar-refractivity contribution in [2.45, 2.75) is 45.2 Å². The standard InChI is InChI=1S/C26H25FN4O2/c1-17-21-12-13-23(32)31(16-18-7-5-10-20(27)15-18)25(21)29-24(28-17)22-11-6-14-30(22)26(33)19-8-3-2-4-9-19/h2-5,7-10,15,22H,6,11-14,16H2,1H3. The van der Waals surface area contributed by atoms with Crippen molar-refractivity contribution in [1.82, 2.24) is 14.9 Å². The van der Waals surface area contributed by atoms with E-state index in [2.05, 4.69) is 0 Å². The Bertz CT molecular complexity index is 1210. The van der Waals surface area contributed by atoms with Crippen LogP contribution >= 0.6 is 0 Å². The zero-order chi connectivity index (χ0) is 22.9. The van der Waals surface area contributed by atoms with Crippen LogP contribution in [0.15, 0.2) is 54.6 Å². The first-order valence-corrected chi connectivity index (χ1v) is 11.3. The Labute approximate surface area is 192 Å². The van der Waals surface area contributed by atoms with Gasteiger partial charge in [0.2, 0.25) is 5.91 Å². The molecule has 1 saturated heterocycles. The minimum atomic E-state index is -0.335. The SMILES string of the molecule is Cc1nc(C2CCCN2C(=O)c2ccccc2)nc2c1CCC(=O)N2Cc1cccc(F)c1. The summed E-state index contributed by atoms with van der Waals surface area (Å²) in [6.45, 7) is 2.82. The molecule has 3 aromatic rings. The van der Waals surface area contributed by atoms with E-state index in [0.29, 0.717) is 42.2 Å². The van der Waals surface area contributed by atoms with Crippen LogP contribution in [0.5, 0.6) is 0 Å². The number of aryl methyl sites for hydroxylation is 1. The fraction of sp³-hybridized carbons (Fsp3) is 0.308. The first-order chi connectivity index (χ1) is 16.0. The highest BCUT2D eigenvalue weighted by Gasteiger charge is 2.35. The van der Waals surface area contributed by atoms with Crippen LogP contribution < -0.4 is 4.90 Å². The molecule has 2 amide bonds. The molecule has 0 N–H and O–H groups in total. The maximum atomic E-state index is 13.7. The first kappa shape index (κ1) is 21.2. The number of nitrogens with zero attached hydrogens (tertiary/aromatic N) is 4. The minimum Gasteiger partial charge on any atom is -0.328 e. The molecule has 0 spiro atoms. The van der Waals surface area contributed by atoms with E-state index in [1.807, 2.05) is 42.2 Å². The van der Waals surface area contributed by atoms with Gasteiger partial charge < -0.3 is 4.90 Å². The molecule has 5 rings (SSSR count). The van der Waals surface area contributed by atoms with Crippen molar-refractivity contribution >= 4 is 17.6 Å². The van der Waals surface area contributed by atoms with E-state index >= 15 is 0 Å². The Hall–Kier alpha value is -3.61. The van der Waals surface area contributed by atoms with Crippen molar-refractivity contribution in [2.24, 2.45) is 0 Å². The third-order valence-corrected chi connectivity index (χ3v) is 6.42. The summed E-state index contributed by atoms with van der Waals surface area (Å²) in [7, 11) is 0. The topological polar surface area (TPSA) is 66.4 Å². The Balaban J connectivity index is 1.50. The average Bonchev–Trinajstić information content (AvgIpc) is 3.31. The molecule has 33 heavy (non-hydrogen) atoms. The lowest BCUT2D eigenvalue weighted by Gasteiger charge is -2.31. The van der Waals surface area contributed by atoms with Crippen molar-refractivity contribution < 1.29 is 14.0 Å². The van der Waals surface area contributed by atoms with E-state index in [-0.39, 0.29) is 30.2 Å². The summed E-state index contributed by atoms with van der Waals surface area (Å²) in [6, 6.07) is 15.3. The van der Waals surface area contributed by atoms with Gasteiger partial charge in [-0.3, -0.25) is 14.5 Å². The van der Waals surface area contributed by atoms with Crippen LogP contribution in [-0.2, 0) is 17.8 Å². The molecule has 1 atom stereocenters. The van der Waals surface area contributed by atoms with Gasteiger partial charge in [0.15, 0.2) is 5.82 Å². The summed E-state index contributed by atoms with van der Waals surface area (Å²) in [5.74, 6) is 0.728. The van der Waals surface area contributed by atoms with Gasteiger partial charge in [0.05, 0.1) is 12.6 Å². The molecule has 1 fully saturated rings. The second-order valence-electron chi connectivity index (χ2n) is 8.60. The Kier molecular flexibility index (Phi) is 5.62. The molecule has 2 aromatic carbocycles. The van der Waals surface area contributed by atoms with Crippen molar-refractivity contribution in [2.75, 3.05) is 11.4 Å². The van der Waals surface area contributed by atoms with Crippen LogP contribution in [0.4, 0.5) is 10.2 Å². The Morgan fingerprint density at radius 2 is 1.91 bits per heavy atom. The summed E-state index contributed by atoms with van der Waals surface area (Å²) in [6.07, 6.45) is 2.59. The van der Waals surface area contributed by atoms with Crippen molar-refractivity contribution in [3.05, 3.63) is 88.6 Å².